The molecule has 0 bridgehead atoms. The quantitative estimate of drug-likeness (QED) is 0.584. The van der Waals surface area contributed by atoms with Gasteiger partial charge in [0.15, 0.2) is 6.10 Å². The van der Waals surface area contributed by atoms with Gasteiger partial charge in [-0.1, -0.05) is 37.4 Å². The Hall–Kier alpha value is -2.07. The molecule has 0 saturated carbocycles. The molecule has 0 aliphatic heterocycles. The van der Waals surface area contributed by atoms with Crippen molar-refractivity contribution in [3.63, 3.8) is 0 Å². The van der Waals surface area contributed by atoms with Crippen LogP contribution in [0, 0.1) is 6.92 Å². The highest BCUT2D eigenvalue weighted by Gasteiger charge is 2.17. The van der Waals surface area contributed by atoms with Crippen molar-refractivity contribution < 1.29 is 19.4 Å². The minimum atomic E-state index is -1.19. The average molecular weight is 276 g/mol. The number of carbonyl (C=O) groups excluding carboxylic acids is 1. The summed E-state index contributed by atoms with van der Waals surface area (Å²) < 4.78 is 10.3. The molecule has 0 radical (unpaired) electrons. The fourth-order valence-corrected chi connectivity index (χ4v) is 1.62. The lowest BCUT2D eigenvalue weighted by molar-refractivity contribution is -0.152. The molecule has 1 aromatic rings. The zero-order valence-corrected chi connectivity index (χ0v) is 11.7. The van der Waals surface area contributed by atoms with E-state index in [1.807, 2.05) is 25.1 Å². The smallest absolute Gasteiger partial charge is 0.335 e. The van der Waals surface area contributed by atoms with Gasteiger partial charge in [0.2, 0.25) is 0 Å². The van der Waals surface area contributed by atoms with Crippen molar-refractivity contribution in [2.75, 3.05) is 13.2 Å². The first-order chi connectivity index (χ1) is 9.58. The zero-order valence-electron chi connectivity index (χ0n) is 11.7. The van der Waals surface area contributed by atoms with Gasteiger partial charge in [-0.15, -0.1) is 0 Å². The normalized spacial score (nSPS) is 11.5. The van der Waals surface area contributed by atoms with Crippen LogP contribution in [0.15, 0.2) is 43.5 Å². The third kappa shape index (κ3) is 4.90. The average Bonchev–Trinajstić information content (AvgIpc) is 2.45. The van der Waals surface area contributed by atoms with E-state index in [4.69, 9.17) is 9.47 Å². The molecule has 1 rings (SSSR count). The summed E-state index contributed by atoms with van der Waals surface area (Å²) in [5, 5.41) is 9.77. The van der Waals surface area contributed by atoms with Gasteiger partial charge >= 0.3 is 5.97 Å². The Bertz CT molecular complexity index is 479. The second-order valence-corrected chi connectivity index (χ2v) is 4.34. The van der Waals surface area contributed by atoms with E-state index in [0.717, 1.165) is 11.1 Å². The van der Waals surface area contributed by atoms with Crippen LogP contribution in [0.25, 0.3) is 0 Å². The molecular formula is C16H20O4. The highest BCUT2D eigenvalue weighted by molar-refractivity contribution is 5.74. The number of ether oxygens (including phenoxy) is 2. The van der Waals surface area contributed by atoms with Gasteiger partial charge in [0.1, 0.15) is 19.0 Å². The predicted molar refractivity (Wildman–Crippen MR) is 77.7 cm³/mol. The van der Waals surface area contributed by atoms with E-state index < -0.39 is 12.1 Å². The summed E-state index contributed by atoms with van der Waals surface area (Å²) in [4.78, 5) is 11.5. The van der Waals surface area contributed by atoms with Crippen LogP contribution in [-0.4, -0.2) is 30.4 Å². The molecule has 4 nitrogen and oxygen atoms in total. The van der Waals surface area contributed by atoms with E-state index in [1.165, 1.54) is 6.08 Å². The topological polar surface area (TPSA) is 55.8 Å². The third-order valence-electron chi connectivity index (χ3n) is 2.65. The minimum Gasteiger partial charge on any atom is -0.489 e. The van der Waals surface area contributed by atoms with Crippen molar-refractivity contribution in [1.82, 2.24) is 0 Å². The van der Waals surface area contributed by atoms with Crippen molar-refractivity contribution in [2.45, 2.75) is 19.4 Å². The van der Waals surface area contributed by atoms with Gasteiger partial charge in [-0.25, -0.2) is 4.79 Å². The molecule has 1 unspecified atom stereocenters. The maximum absolute atomic E-state index is 11.5. The van der Waals surface area contributed by atoms with Crippen molar-refractivity contribution >= 4 is 5.97 Å². The molecule has 4 heteroatoms. The molecule has 108 valence electrons. The number of hydrogen-bond donors (Lipinski definition) is 1. The van der Waals surface area contributed by atoms with Crippen LogP contribution in [0.1, 0.15) is 11.1 Å². The molecule has 0 aromatic heterocycles. The van der Waals surface area contributed by atoms with Crippen molar-refractivity contribution in [2.24, 2.45) is 0 Å². The molecule has 0 saturated heterocycles. The zero-order chi connectivity index (χ0) is 15.0. The monoisotopic (exact) mass is 276 g/mol. The molecule has 0 aliphatic carbocycles. The molecule has 1 atom stereocenters. The summed E-state index contributed by atoms with van der Waals surface area (Å²) in [6, 6.07) is 5.54. The van der Waals surface area contributed by atoms with E-state index in [0.29, 0.717) is 12.4 Å². The van der Waals surface area contributed by atoms with Gasteiger partial charge in [0, 0.05) is 6.42 Å². The van der Waals surface area contributed by atoms with Gasteiger partial charge in [-0.3, -0.25) is 0 Å². The molecule has 0 spiro atoms. The van der Waals surface area contributed by atoms with E-state index in [9.17, 15) is 9.90 Å². The first-order valence-corrected chi connectivity index (χ1v) is 6.37. The second-order valence-electron chi connectivity index (χ2n) is 4.34. The van der Waals surface area contributed by atoms with Crippen LogP contribution < -0.4 is 4.74 Å². The number of benzene rings is 1. The van der Waals surface area contributed by atoms with Crippen LogP contribution in [0.5, 0.6) is 5.75 Å². The van der Waals surface area contributed by atoms with Gasteiger partial charge < -0.3 is 14.6 Å². The minimum absolute atomic E-state index is 0.0947. The van der Waals surface area contributed by atoms with E-state index in [1.54, 1.807) is 6.08 Å². The Morgan fingerprint density at radius 2 is 2.05 bits per heavy atom. The Morgan fingerprint density at radius 3 is 2.70 bits per heavy atom. The molecule has 0 aliphatic rings. The summed E-state index contributed by atoms with van der Waals surface area (Å²) in [5.74, 6) is 0.0630. The molecule has 1 aromatic carbocycles. The standard InChI is InChI=1S/C16H20O4/c1-4-8-19-15-11-13(7-6-12(15)3)10-14(17)16(18)20-9-5-2/h4-7,11,14,17H,1-2,8-10H2,3H3. The fourth-order valence-electron chi connectivity index (χ4n) is 1.62. The van der Waals surface area contributed by atoms with Crippen LogP contribution in [0.3, 0.4) is 0 Å². The summed E-state index contributed by atoms with van der Waals surface area (Å²) in [7, 11) is 0. The second kappa shape index (κ2) is 8.17. The van der Waals surface area contributed by atoms with Gasteiger partial charge in [0.25, 0.3) is 0 Å². The predicted octanol–water partition coefficient (Wildman–Crippen LogP) is 2.19. The largest absolute Gasteiger partial charge is 0.489 e. The lowest BCUT2D eigenvalue weighted by Crippen LogP contribution is -2.25. The number of aryl methyl sites for hydroxylation is 1. The number of hydrogen-bond acceptors (Lipinski definition) is 4. The first kappa shape index (κ1) is 16.0. The Labute approximate surface area is 119 Å². The van der Waals surface area contributed by atoms with E-state index >= 15 is 0 Å². The molecule has 0 heterocycles. The van der Waals surface area contributed by atoms with E-state index in [2.05, 4.69) is 13.2 Å². The summed E-state index contributed by atoms with van der Waals surface area (Å²) in [6.07, 6.45) is 2.11. The Morgan fingerprint density at radius 1 is 1.35 bits per heavy atom. The fraction of sp³-hybridized carbons (Fsp3) is 0.312. The molecule has 1 N–H and O–H groups in total. The maximum atomic E-state index is 11.5. The highest BCUT2D eigenvalue weighted by Crippen LogP contribution is 2.20. The van der Waals surface area contributed by atoms with E-state index in [-0.39, 0.29) is 13.0 Å². The SMILES string of the molecule is C=CCOC(=O)C(O)Cc1ccc(C)c(OCC=C)c1. The lowest BCUT2D eigenvalue weighted by atomic mass is 10.1. The molecule has 20 heavy (non-hydrogen) atoms. The number of rotatable bonds is 8. The van der Waals surface area contributed by atoms with Crippen molar-refractivity contribution in [3.8, 4) is 5.75 Å². The molecule has 0 amide bonds. The maximum Gasteiger partial charge on any atom is 0.335 e. The van der Waals surface area contributed by atoms with Crippen LogP contribution in [0.2, 0.25) is 0 Å². The Kier molecular flexibility index (Phi) is 6.53. The Balaban J connectivity index is 2.69. The highest BCUT2D eigenvalue weighted by atomic mass is 16.5. The number of carbonyl (C=O) groups is 1. The van der Waals surface area contributed by atoms with Gasteiger partial charge in [0.05, 0.1) is 0 Å². The number of aliphatic hydroxyl groups excluding tert-OH is 1. The summed E-state index contributed by atoms with van der Waals surface area (Å²) in [6.45, 7) is 9.47. The molecular weight excluding hydrogens is 256 g/mol. The third-order valence-corrected chi connectivity index (χ3v) is 2.65. The summed E-state index contributed by atoms with van der Waals surface area (Å²) >= 11 is 0. The summed E-state index contributed by atoms with van der Waals surface area (Å²) in [5.41, 5.74) is 1.79. The van der Waals surface area contributed by atoms with Crippen LogP contribution >= 0.6 is 0 Å². The van der Waals surface area contributed by atoms with Crippen molar-refractivity contribution in [1.29, 1.82) is 0 Å². The van der Waals surface area contributed by atoms with Crippen molar-refractivity contribution in [3.05, 3.63) is 54.6 Å². The van der Waals surface area contributed by atoms with Crippen LogP contribution in [-0.2, 0) is 16.0 Å². The van der Waals surface area contributed by atoms with Crippen LogP contribution in [0.4, 0.5) is 0 Å². The lowest BCUT2D eigenvalue weighted by Gasteiger charge is -2.12. The van der Waals surface area contributed by atoms with Gasteiger partial charge in [-0.05, 0) is 24.1 Å². The molecule has 0 fully saturated rings. The first-order valence-electron chi connectivity index (χ1n) is 6.37. The number of aliphatic hydroxyl groups is 1. The van der Waals surface area contributed by atoms with Gasteiger partial charge in [-0.2, -0.15) is 0 Å². The number of esters is 1.